The maximum atomic E-state index is 5.94. The molecule has 2 aliphatic heterocycles. The molecule has 2 aliphatic rings. The van der Waals surface area contributed by atoms with Crippen molar-refractivity contribution in [3.05, 3.63) is 65.9 Å². The van der Waals surface area contributed by atoms with E-state index in [4.69, 9.17) is 4.74 Å². The normalized spacial score (nSPS) is 16.0. The molecule has 0 amide bonds. The first kappa shape index (κ1) is 19.9. The molecule has 0 unspecified atom stereocenters. The molecule has 0 bridgehead atoms. The number of anilines is 1. The Morgan fingerprint density at radius 2 is 1.87 bits per heavy atom. The minimum Gasteiger partial charge on any atom is -0.492 e. The first-order chi connectivity index (χ1) is 15.3. The number of rotatable bonds is 7. The molecule has 2 aromatic carbocycles. The summed E-state index contributed by atoms with van der Waals surface area (Å²) in [5, 5.41) is 8.18. The third-order valence-corrected chi connectivity index (χ3v) is 6.27. The molecule has 1 saturated heterocycles. The standard InChI is InChI=1S/C26H30N4O/c1-2-20-6-5-7-22(16-20)25-18-28-30-19-23(17-27-26(25)30)21-8-10-24(11-9-21)31-15-14-29-12-3-4-13-29/h5-11,16,18-19,27H,2-4,12-15,17H2,1H3. The molecule has 160 valence electrons. The molecule has 0 radical (unpaired) electrons. The third-order valence-electron chi connectivity index (χ3n) is 6.27. The van der Waals surface area contributed by atoms with Gasteiger partial charge in [0.05, 0.1) is 6.20 Å². The molecule has 1 N–H and O–H groups in total. The Bertz CT molecular complexity index is 1060. The summed E-state index contributed by atoms with van der Waals surface area (Å²) < 4.78 is 7.90. The highest BCUT2D eigenvalue weighted by atomic mass is 16.5. The number of hydrogen-bond donors (Lipinski definition) is 1. The van der Waals surface area contributed by atoms with Crippen molar-refractivity contribution in [2.24, 2.45) is 0 Å². The van der Waals surface area contributed by atoms with E-state index in [0.717, 1.165) is 43.2 Å². The van der Waals surface area contributed by atoms with Crippen LogP contribution in [0.25, 0.3) is 22.9 Å². The van der Waals surface area contributed by atoms with Crippen molar-refractivity contribution in [3.8, 4) is 16.9 Å². The minimum absolute atomic E-state index is 0.752. The Hall–Kier alpha value is -3.05. The van der Waals surface area contributed by atoms with Gasteiger partial charge in [-0.3, -0.25) is 4.90 Å². The second-order valence-electron chi connectivity index (χ2n) is 8.33. The molecule has 0 spiro atoms. The second kappa shape index (κ2) is 8.98. The highest BCUT2D eigenvalue weighted by Gasteiger charge is 2.17. The number of aryl methyl sites for hydroxylation is 1. The van der Waals surface area contributed by atoms with Gasteiger partial charge in [0.15, 0.2) is 0 Å². The first-order valence-electron chi connectivity index (χ1n) is 11.4. The van der Waals surface area contributed by atoms with Crippen LogP contribution in [0.4, 0.5) is 5.82 Å². The second-order valence-corrected chi connectivity index (χ2v) is 8.33. The number of nitrogens with one attached hydrogen (secondary N) is 1. The topological polar surface area (TPSA) is 42.3 Å². The maximum absolute atomic E-state index is 5.94. The predicted octanol–water partition coefficient (Wildman–Crippen LogP) is 5.01. The van der Waals surface area contributed by atoms with Gasteiger partial charge in [-0.1, -0.05) is 43.3 Å². The molecule has 5 rings (SSSR count). The van der Waals surface area contributed by atoms with Crippen LogP contribution in [-0.2, 0) is 6.42 Å². The molecule has 1 fully saturated rings. The summed E-state index contributed by atoms with van der Waals surface area (Å²) in [7, 11) is 0. The third kappa shape index (κ3) is 4.37. The van der Waals surface area contributed by atoms with Crippen LogP contribution in [0.5, 0.6) is 5.75 Å². The van der Waals surface area contributed by atoms with Crippen LogP contribution in [0, 0.1) is 0 Å². The van der Waals surface area contributed by atoms with Gasteiger partial charge in [0.1, 0.15) is 18.2 Å². The zero-order valence-corrected chi connectivity index (χ0v) is 18.2. The average molecular weight is 415 g/mol. The van der Waals surface area contributed by atoms with E-state index < -0.39 is 0 Å². The van der Waals surface area contributed by atoms with E-state index >= 15 is 0 Å². The summed E-state index contributed by atoms with van der Waals surface area (Å²) >= 11 is 0. The van der Waals surface area contributed by atoms with Gasteiger partial charge in [0, 0.05) is 24.9 Å². The Morgan fingerprint density at radius 1 is 1.03 bits per heavy atom. The Morgan fingerprint density at radius 3 is 2.68 bits per heavy atom. The van der Waals surface area contributed by atoms with Crippen molar-refractivity contribution in [2.75, 3.05) is 38.1 Å². The zero-order chi connectivity index (χ0) is 21.0. The lowest BCUT2D eigenvalue weighted by Gasteiger charge is -2.19. The molecule has 1 aromatic heterocycles. The smallest absolute Gasteiger partial charge is 0.137 e. The molecule has 5 nitrogen and oxygen atoms in total. The summed E-state index contributed by atoms with van der Waals surface area (Å²) in [4.78, 5) is 2.47. The lowest BCUT2D eigenvalue weighted by molar-refractivity contribution is 0.238. The predicted molar refractivity (Wildman–Crippen MR) is 127 cm³/mol. The lowest BCUT2D eigenvalue weighted by Crippen LogP contribution is -2.25. The van der Waals surface area contributed by atoms with Gasteiger partial charge < -0.3 is 10.1 Å². The molecular weight excluding hydrogens is 384 g/mol. The van der Waals surface area contributed by atoms with Crippen LogP contribution in [0.3, 0.4) is 0 Å². The van der Waals surface area contributed by atoms with E-state index in [2.05, 4.69) is 77.0 Å². The van der Waals surface area contributed by atoms with Gasteiger partial charge in [0.2, 0.25) is 0 Å². The van der Waals surface area contributed by atoms with Crippen LogP contribution >= 0.6 is 0 Å². The van der Waals surface area contributed by atoms with Crippen LogP contribution in [0.1, 0.15) is 30.9 Å². The summed E-state index contributed by atoms with van der Waals surface area (Å²) in [6.45, 7) is 7.16. The maximum Gasteiger partial charge on any atom is 0.137 e. The molecule has 3 heterocycles. The Kier molecular flexibility index (Phi) is 5.76. The van der Waals surface area contributed by atoms with E-state index in [1.807, 2.05) is 10.9 Å². The fourth-order valence-electron chi connectivity index (χ4n) is 4.42. The lowest BCUT2D eigenvalue weighted by atomic mass is 10.0. The molecule has 31 heavy (non-hydrogen) atoms. The fraction of sp³-hybridized carbons (Fsp3) is 0.346. The SMILES string of the molecule is CCc1cccc(-c2cnn3c2NCC(c2ccc(OCCN4CCCC4)cc2)=C3)c1. The largest absolute Gasteiger partial charge is 0.492 e. The summed E-state index contributed by atoms with van der Waals surface area (Å²) in [5.74, 6) is 1.99. The van der Waals surface area contributed by atoms with E-state index in [1.165, 1.54) is 48.2 Å². The van der Waals surface area contributed by atoms with Gasteiger partial charge in [-0.2, -0.15) is 5.10 Å². The monoisotopic (exact) mass is 414 g/mol. The summed E-state index contributed by atoms with van der Waals surface area (Å²) in [6.07, 6.45) is 7.76. The number of nitrogens with zero attached hydrogens (tertiary/aromatic N) is 3. The van der Waals surface area contributed by atoms with E-state index in [0.29, 0.717) is 0 Å². The van der Waals surface area contributed by atoms with Crippen molar-refractivity contribution >= 4 is 17.6 Å². The molecule has 0 atom stereocenters. The zero-order valence-electron chi connectivity index (χ0n) is 18.2. The Balaban J connectivity index is 1.27. The van der Waals surface area contributed by atoms with Crippen LogP contribution in [-0.4, -0.2) is 47.5 Å². The van der Waals surface area contributed by atoms with E-state index in [9.17, 15) is 0 Å². The number of aromatic nitrogens is 2. The van der Waals surface area contributed by atoms with E-state index in [1.54, 1.807) is 0 Å². The highest BCUT2D eigenvalue weighted by molar-refractivity contribution is 5.86. The first-order valence-corrected chi connectivity index (χ1v) is 11.4. The van der Waals surface area contributed by atoms with Gasteiger partial charge in [-0.05, 0) is 66.7 Å². The number of benzene rings is 2. The minimum atomic E-state index is 0.752. The molecule has 5 heteroatoms. The number of hydrogen-bond acceptors (Lipinski definition) is 4. The van der Waals surface area contributed by atoms with Crippen molar-refractivity contribution in [3.63, 3.8) is 0 Å². The molecule has 3 aromatic rings. The van der Waals surface area contributed by atoms with Crippen molar-refractivity contribution < 1.29 is 4.74 Å². The van der Waals surface area contributed by atoms with E-state index in [-0.39, 0.29) is 0 Å². The van der Waals surface area contributed by atoms with Crippen LogP contribution < -0.4 is 10.1 Å². The Labute approximate surface area is 184 Å². The van der Waals surface area contributed by atoms with Gasteiger partial charge in [0.25, 0.3) is 0 Å². The number of fused-ring (bicyclic) bond motifs is 1. The van der Waals surface area contributed by atoms with Crippen LogP contribution in [0.15, 0.2) is 54.7 Å². The molecule has 0 saturated carbocycles. The number of ether oxygens (including phenoxy) is 1. The van der Waals surface area contributed by atoms with Gasteiger partial charge >= 0.3 is 0 Å². The van der Waals surface area contributed by atoms with Crippen molar-refractivity contribution in [1.29, 1.82) is 0 Å². The molecule has 0 aliphatic carbocycles. The summed E-state index contributed by atoms with van der Waals surface area (Å²) in [6, 6.07) is 17.1. The number of likely N-dealkylation sites (tertiary alicyclic amines) is 1. The van der Waals surface area contributed by atoms with Gasteiger partial charge in [-0.25, -0.2) is 4.68 Å². The molecular formula is C26H30N4O. The highest BCUT2D eigenvalue weighted by Crippen LogP contribution is 2.33. The van der Waals surface area contributed by atoms with Crippen molar-refractivity contribution in [2.45, 2.75) is 26.2 Å². The average Bonchev–Trinajstić information content (AvgIpc) is 3.49. The van der Waals surface area contributed by atoms with Crippen LogP contribution in [0.2, 0.25) is 0 Å². The van der Waals surface area contributed by atoms with Gasteiger partial charge in [-0.15, -0.1) is 0 Å². The van der Waals surface area contributed by atoms with Crippen molar-refractivity contribution in [1.82, 2.24) is 14.7 Å². The summed E-state index contributed by atoms with van der Waals surface area (Å²) in [5.41, 5.74) is 6.10. The fourth-order valence-corrected chi connectivity index (χ4v) is 4.42. The quantitative estimate of drug-likeness (QED) is 0.590.